The van der Waals surface area contributed by atoms with Gasteiger partial charge >= 0.3 is 6.18 Å². The van der Waals surface area contributed by atoms with Crippen molar-refractivity contribution in [2.24, 2.45) is 17.2 Å². The normalized spacial score (nSPS) is 11.2. The summed E-state index contributed by atoms with van der Waals surface area (Å²) >= 11 is 0. The molecule has 0 unspecified atom stereocenters. The minimum absolute atomic E-state index is 0.0744. The topological polar surface area (TPSA) is 115 Å². The monoisotopic (exact) mass is 304 g/mol. The van der Waals surface area contributed by atoms with Crippen LogP contribution in [0.2, 0.25) is 0 Å². The van der Waals surface area contributed by atoms with Gasteiger partial charge in [0.1, 0.15) is 0 Å². The van der Waals surface area contributed by atoms with E-state index < -0.39 is 36.6 Å². The molecule has 0 spiro atoms. The van der Waals surface area contributed by atoms with E-state index in [0.29, 0.717) is 0 Å². The Morgan fingerprint density at radius 3 is 2.00 bits per heavy atom. The fourth-order valence-electron chi connectivity index (χ4n) is 1.82. The van der Waals surface area contributed by atoms with Gasteiger partial charge in [-0.05, 0) is 17.7 Å². The maximum absolute atomic E-state index is 13.1. The van der Waals surface area contributed by atoms with Crippen LogP contribution in [-0.2, 0) is 22.3 Å². The molecule has 2 amide bonds. The second-order valence-corrected chi connectivity index (χ2v) is 4.34. The molecule has 6 N–H and O–H groups in total. The number of benzene rings is 1. The van der Waals surface area contributed by atoms with E-state index in [2.05, 4.69) is 0 Å². The molecule has 0 saturated heterocycles. The molecule has 1 aromatic carbocycles. The Morgan fingerprint density at radius 1 is 1.10 bits per heavy atom. The van der Waals surface area contributed by atoms with Gasteiger partial charge in [-0.1, -0.05) is 6.07 Å². The Kier molecular flexibility index (Phi) is 5.14. The number of hydrogen-bond acceptors (Lipinski definition) is 4. The first-order valence-corrected chi connectivity index (χ1v) is 5.87. The highest BCUT2D eigenvalue weighted by Crippen LogP contribution is 2.37. The molecule has 0 aliphatic carbocycles. The molecule has 0 fully saturated rings. The Bertz CT molecular complexity index is 530. The van der Waals surface area contributed by atoms with Crippen molar-refractivity contribution in [2.75, 3.05) is 18.0 Å². The van der Waals surface area contributed by atoms with Crippen LogP contribution in [-0.4, -0.2) is 24.9 Å². The second-order valence-electron chi connectivity index (χ2n) is 4.34. The number of anilines is 1. The molecule has 0 aliphatic rings. The van der Waals surface area contributed by atoms with Crippen molar-refractivity contribution >= 4 is 17.5 Å². The minimum Gasteiger partial charge on any atom is -0.368 e. The number of amides is 2. The Morgan fingerprint density at radius 2 is 1.62 bits per heavy atom. The van der Waals surface area contributed by atoms with Gasteiger partial charge in [0.15, 0.2) is 0 Å². The van der Waals surface area contributed by atoms with Crippen molar-refractivity contribution < 1.29 is 22.8 Å². The maximum Gasteiger partial charge on any atom is 0.418 e. The Labute approximate surface area is 118 Å². The van der Waals surface area contributed by atoms with E-state index in [0.717, 1.165) is 17.0 Å². The van der Waals surface area contributed by atoms with Crippen LogP contribution >= 0.6 is 0 Å². The van der Waals surface area contributed by atoms with Gasteiger partial charge in [-0.2, -0.15) is 13.2 Å². The number of alkyl halides is 3. The number of rotatable bonds is 6. The summed E-state index contributed by atoms with van der Waals surface area (Å²) in [6, 6.07) is 3.38. The molecular weight excluding hydrogens is 289 g/mol. The van der Waals surface area contributed by atoms with Crippen LogP contribution < -0.4 is 22.1 Å². The quantitative estimate of drug-likeness (QED) is 0.683. The number of nitrogens with zero attached hydrogens (tertiary/aromatic N) is 1. The third kappa shape index (κ3) is 4.63. The van der Waals surface area contributed by atoms with Crippen molar-refractivity contribution in [3.05, 3.63) is 29.3 Å². The molecule has 0 radical (unpaired) electrons. The van der Waals surface area contributed by atoms with Gasteiger partial charge in [0.25, 0.3) is 0 Å². The predicted molar refractivity (Wildman–Crippen MR) is 69.9 cm³/mol. The Balaban J connectivity index is 3.34. The average molecular weight is 304 g/mol. The van der Waals surface area contributed by atoms with Crippen LogP contribution in [0, 0.1) is 0 Å². The summed E-state index contributed by atoms with van der Waals surface area (Å²) in [6.45, 7) is -1.20. The van der Waals surface area contributed by atoms with Crippen molar-refractivity contribution in [3.8, 4) is 0 Å². The largest absolute Gasteiger partial charge is 0.418 e. The summed E-state index contributed by atoms with van der Waals surface area (Å²) in [5, 5.41) is 0. The number of hydrogen-bond donors (Lipinski definition) is 3. The SMILES string of the molecule is NCc1ccc(N(CC(N)=O)CC(N)=O)c(C(F)(F)F)c1. The number of halogens is 3. The molecular formula is C12H15F3N4O2. The number of primary amides is 2. The zero-order valence-electron chi connectivity index (χ0n) is 11.0. The lowest BCUT2D eigenvalue weighted by Crippen LogP contribution is -2.40. The summed E-state index contributed by atoms with van der Waals surface area (Å²) in [5.74, 6) is -1.76. The molecule has 0 heterocycles. The number of nitrogens with two attached hydrogens (primary N) is 3. The highest BCUT2D eigenvalue weighted by molar-refractivity contribution is 5.85. The third-order valence-electron chi connectivity index (χ3n) is 2.64. The summed E-state index contributed by atoms with van der Waals surface area (Å²) in [7, 11) is 0. The molecule has 0 saturated carbocycles. The second kappa shape index (κ2) is 6.44. The van der Waals surface area contributed by atoms with Gasteiger partial charge in [0, 0.05) is 12.2 Å². The number of carbonyl (C=O) groups excluding carboxylic acids is 2. The van der Waals surface area contributed by atoms with Gasteiger partial charge < -0.3 is 22.1 Å². The van der Waals surface area contributed by atoms with Crippen LogP contribution in [0.4, 0.5) is 18.9 Å². The van der Waals surface area contributed by atoms with Crippen LogP contribution in [0.15, 0.2) is 18.2 Å². The lowest BCUT2D eigenvalue weighted by atomic mass is 10.1. The first-order valence-electron chi connectivity index (χ1n) is 5.87. The fourth-order valence-corrected chi connectivity index (χ4v) is 1.82. The van der Waals surface area contributed by atoms with Crippen LogP contribution in [0.3, 0.4) is 0 Å². The zero-order valence-corrected chi connectivity index (χ0v) is 11.0. The smallest absolute Gasteiger partial charge is 0.368 e. The first-order chi connectivity index (χ1) is 9.65. The van der Waals surface area contributed by atoms with E-state index in [4.69, 9.17) is 17.2 Å². The van der Waals surface area contributed by atoms with Crippen LogP contribution in [0.5, 0.6) is 0 Å². The molecule has 0 atom stereocenters. The van der Waals surface area contributed by atoms with E-state index in [9.17, 15) is 22.8 Å². The van der Waals surface area contributed by atoms with E-state index in [1.165, 1.54) is 6.07 Å². The first kappa shape index (κ1) is 16.8. The van der Waals surface area contributed by atoms with E-state index in [-0.39, 0.29) is 17.8 Å². The van der Waals surface area contributed by atoms with E-state index in [1.807, 2.05) is 0 Å². The molecule has 116 valence electrons. The van der Waals surface area contributed by atoms with Crippen molar-refractivity contribution in [2.45, 2.75) is 12.7 Å². The van der Waals surface area contributed by atoms with Crippen molar-refractivity contribution in [1.29, 1.82) is 0 Å². The van der Waals surface area contributed by atoms with Gasteiger partial charge in [-0.3, -0.25) is 9.59 Å². The van der Waals surface area contributed by atoms with Crippen LogP contribution in [0.25, 0.3) is 0 Å². The third-order valence-corrected chi connectivity index (χ3v) is 2.64. The minimum atomic E-state index is -4.67. The van der Waals surface area contributed by atoms with Gasteiger partial charge in [0.2, 0.25) is 11.8 Å². The molecule has 1 aromatic rings. The van der Waals surface area contributed by atoms with E-state index in [1.54, 1.807) is 0 Å². The van der Waals surface area contributed by atoms with Gasteiger partial charge in [-0.25, -0.2) is 0 Å². The molecule has 0 aromatic heterocycles. The van der Waals surface area contributed by atoms with Crippen molar-refractivity contribution in [1.82, 2.24) is 0 Å². The van der Waals surface area contributed by atoms with Gasteiger partial charge in [0.05, 0.1) is 18.7 Å². The standard InChI is InChI=1S/C12H15F3N4O2/c13-12(14,15)8-3-7(4-16)1-2-9(8)19(5-10(17)20)6-11(18)21/h1-3H,4-6,16H2,(H2,17,20)(H2,18,21). The summed E-state index contributed by atoms with van der Waals surface area (Å²) in [6.07, 6.45) is -4.67. The van der Waals surface area contributed by atoms with Crippen LogP contribution in [0.1, 0.15) is 11.1 Å². The average Bonchev–Trinajstić information content (AvgIpc) is 2.35. The van der Waals surface area contributed by atoms with Gasteiger partial charge in [-0.15, -0.1) is 0 Å². The summed E-state index contributed by atoms with van der Waals surface area (Å²) in [5.41, 5.74) is 14.2. The molecule has 0 bridgehead atoms. The zero-order chi connectivity index (χ0) is 16.2. The molecule has 0 aliphatic heterocycles. The fraction of sp³-hybridized carbons (Fsp3) is 0.333. The highest BCUT2D eigenvalue weighted by atomic mass is 19.4. The summed E-state index contributed by atoms with van der Waals surface area (Å²) in [4.78, 5) is 22.8. The lowest BCUT2D eigenvalue weighted by Gasteiger charge is -2.25. The highest BCUT2D eigenvalue weighted by Gasteiger charge is 2.35. The number of carbonyl (C=O) groups is 2. The molecule has 21 heavy (non-hydrogen) atoms. The van der Waals surface area contributed by atoms with Crippen molar-refractivity contribution in [3.63, 3.8) is 0 Å². The molecule has 1 rings (SSSR count). The molecule has 6 nitrogen and oxygen atoms in total. The Hall–Kier alpha value is -2.29. The maximum atomic E-state index is 13.1. The van der Waals surface area contributed by atoms with E-state index >= 15 is 0 Å². The molecule has 9 heteroatoms. The summed E-state index contributed by atoms with van der Waals surface area (Å²) < 4.78 is 39.3. The lowest BCUT2D eigenvalue weighted by molar-refractivity contribution is -0.137. The predicted octanol–water partition coefficient (Wildman–Crippen LogP) is -0.0589.